The van der Waals surface area contributed by atoms with E-state index in [1.54, 1.807) is 6.08 Å². The molecule has 5 nitrogen and oxygen atoms in total. The smallest absolute Gasteiger partial charge is 0.270 e. The second-order valence-corrected chi connectivity index (χ2v) is 9.11. The first-order valence-corrected chi connectivity index (χ1v) is 11.4. The molecule has 0 radical (unpaired) electrons. The first kappa shape index (κ1) is 23.0. The van der Waals surface area contributed by atoms with Crippen molar-refractivity contribution in [2.24, 2.45) is 0 Å². The Morgan fingerprint density at radius 2 is 1.70 bits per heavy atom. The fourth-order valence-corrected chi connectivity index (χ4v) is 4.49. The monoisotopic (exact) mass is 477 g/mol. The number of anilines is 1. The van der Waals surface area contributed by atoms with Crippen LogP contribution in [0, 0.1) is 13.8 Å². The molecule has 1 saturated heterocycles. The summed E-state index contributed by atoms with van der Waals surface area (Å²) in [4.78, 5) is 27.5. The molecular formula is C26H24ClN3O2S. The summed E-state index contributed by atoms with van der Waals surface area (Å²) in [5.41, 5.74) is 5.20. The zero-order valence-corrected chi connectivity index (χ0v) is 20.4. The summed E-state index contributed by atoms with van der Waals surface area (Å²) >= 11 is 11.7. The number of carbonyl (C=O) groups excluding carboxylic acids is 2. The number of hydrogen-bond donors (Lipinski definition) is 1. The van der Waals surface area contributed by atoms with Crippen LogP contribution in [-0.2, 0) is 9.59 Å². The predicted octanol–water partition coefficient (Wildman–Crippen LogP) is 5.70. The van der Waals surface area contributed by atoms with Crippen LogP contribution in [0.4, 0.5) is 5.69 Å². The SMILES string of the molecule is Cc1cc(/C=C2\C(=O)NC(=S)N(c3ccc(C(C)C)cc3)C2=O)c(C)n1-c1ccccc1Cl. The van der Waals surface area contributed by atoms with Gasteiger partial charge >= 0.3 is 0 Å². The molecule has 33 heavy (non-hydrogen) atoms. The van der Waals surface area contributed by atoms with Gasteiger partial charge in [0.25, 0.3) is 11.8 Å². The highest BCUT2D eigenvalue weighted by atomic mass is 35.5. The number of aryl methyl sites for hydroxylation is 1. The summed E-state index contributed by atoms with van der Waals surface area (Å²) in [6.45, 7) is 8.09. The molecule has 4 rings (SSSR count). The summed E-state index contributed by atoms with van der Waals surface area (Å²) in [6, 6.07) is 17.1. The average Bonchev–Trinajstić information content (AvgIpc) is 3.04. The Morgan fingerprint density at radius 3 is 2.33 bits per heavy atom. The Balaban J connectivity index is 1.74. The van der Waals surface area contributed by atoms with Crippen LogP contribution in [-0.4, -0.2) is 21.5 Å². The van der Waals surface area contributed by atoms with Crippen molar-refractivity contribution in [2.45, 2.75) is 33.6 Å². The van der Waals surface area contributed by atoms with Gasteiger partial charge in [0.1, 0.15) is 5.57 Å². The second-order valence-electron chi connectivity index (χ2n) is 8.32. The number of aromatic nitrogens is 1. The highest BCUT2D eigenvalue weighted by molar-refractivity contribution is 7.80. The first-order chi connectivity index (χ1) is 15.7. The number of nitrogens with zero attached hydrogens (tertiary/aromatic N) is 2. The molecule has 1 N–H and O–H groups in total. The lowest BCUT2D eigenvalue weighted by molar-refractivity contribution is -0.122. The molecule has 0 unspecified atom stereocenters. The highest BCUT2D eigenvalue weighted by Crippen LogP contribution is 2.29. The molecule has 0 aliphatic carbocycles. The van der Waals surface area contributed by atoms with Gasteiger partial charge in [-0.2, -0.15) is 0 Å². The third-order valence-electron chi connectivity index (χ3n) is 5.78. The van der Waals surface area contributed by atoms with E-state index in [1.807, 2.05) is 73.0 Å². The topological polar surface area (TPSA) is 54.3 Å². The highest BCUT2D eigenvalue weighted by Gasteiger charge is 2.34. The van der Waals surface area contributed by atoms with E-state index < -0.39 is 11.8 Å². The number of nitrogens with one attached hydrogen (secondary N) is 1. The molecule has 2 aromatic carbocycles. The van der Waals surface area contributed by atoms with Crippen molar-refractivity contribution >= 4 is 52.5 Å². The fourth-order valence-electron chi connectivity index (χ4n) is 3.99. The molecule has 3 aromatic rings. The van der Waals surface area contributed by atoms with E-state index >= 15 is 0 Å². The Hall–Kier alpha value is -3.22. The van der Waals surface area contributed by atoms with Gasteiger partial charge in [0.2, 0.25) is 0 Å². The van der Waals surface area contributed by atoms with Crippen molar-refractivity contribution in [2.75, 3.05) is 4.90 Å². The van der Waals surface area contributed by atoms with E-state index in [4.69, 9.17) is 23.8 Å². The van der Waals surface area contributed by atoms with Crippen molar-refractivity contribution in [1.82, 2.24) is 9.88 Å². The number of hydrogen-bond acceptors (Lipinski definition) is 3. The van der Waals surface area contributed by atoms with E-state index in [-0.39, 0.29) is 10.7 Å². The number of thiocarbonyl (C=S) groups is 1. The number of rotatable bonds is 4. The van der Waals surface area contributed by atoms with Crippen LogP contribution in [0.25, 0.3) is 11.8 Å². The molecule has 2 amide bonds. The molecule has 1 aromatic heterocycles. The summed E-state index contributed by atoms with van der Waals surface area (Å²) in [6.07, 6.45) is 1.62. The van der Waals surface area contributed by atoms with Crippen LogP contribution >= 0.6 is 23.8 Å². The number of benzene rings is 2. The van der Waals surface area contributed by atoms with Gasteiger partial charge in [-0.1, -0.05) is 49.7 Å². The predicted molar refractivity (Wildman–Crippen MR) is 137 cm³/mol. The maximum Gasteiger partial charge on any atom is 0.270 e. The molecule has 1 aliphatic heterocycles. The number of halogens is 1. The number of amides is 2. The summed E-state index contributed by atoms with van der Waals surface area (Å²) in [5, 5.41) is 3.34. The summed E-state index contributed by atoms with van der Waals surface area (Å²) < 4.78 is 2.01. The van der Waals surface area contributed by atoms with Crippen LogP contribution < -0.4 is 10.2 Å². The van der Waals surface area contributed by atoms with E-state index in [1.165, 1.54) is 4.90 Å². The van der Waals surface area contributed by atoms with Crippen molar-refractivity contribution in [1.29, 1.82) is 0 Å². The Morgan fingerprint density at radius 1 is 1.03 bits per heavy atom. The molecule has 0 atom stereocenters. The van der Waals surface area contributed by atoms with E-state index in [9.17, 15) is 9.59 Å². The Labute approximate surface area is 203 Å². The van der Waals surface area contributed by atoms with Crippen molar-refractivity contribution in [3.05, 3.63) is 87.7 Å². The van der Waals surface area contributed by atoms with Crippen molar-refractivity contribution in [3.63, 3.8) is 0 Å². The maximum atomic E-state index is 13.4. The average molecular weight is 478 g/mol. The minimum Gasteiger partial charge on any atom is -0.316 e. The van der Waals surface area contributed by atoms with E-state index in [2.05, 4.69) is 19.2 Å². The van der Waals surface area contributed by atoms with Crippen LogP contribution in [0.5, 0.6) is 0 Å². The molecule has 168 valence electrons. The molecule has 0 bridgehead atoms. The van der Waals surface area contributed by atoms with Crippen molar-refractivity contribution in [3.8, 4) is 5.69 Å². The first-order valence-electron chi connectivity index (χ1n) is 10.6. The third-order valence-corrected chi connectivity index (χ3v) is 6.39. The lowest BCUT2D eigenvalue weighted by Gasteiger charge is -2.29. The minimum absolute atomic E-state index is 0.0240. The van der Waals surface area contributed by atoms with E-state index in [0.29, 0.717) is 16.6 Å². The van der Waals surface area contributed by atoms with Crippen molar-refractivity contribution < 1.29 is 9.59 Å². The molecule has 0 saturated carbocycles. The van der Waals surface area contributed by atoms with Crippen LogP contribution in [0.15, 0.2) is 60.2 Å². The maximum absolute atomic E-state index is 13.4. The lowest BCUT2D eigenvalue weighted by Crippen LogP contribution is -2.54. The van der Waals surface area contributed by atoms with Gasteiger partial charge in [-0.25, -0.2) is 0 Å². The Bertz CT molecular complexity index is 1310. The fraction of sp³-hybridized carbons (Fsp3) is 0.192. The molecule has 1 fully saturated rings. The summed E-state index contributed by atoms with van der Waals surface area (Å²) in [7, 11) is 0. The molecule has 7 heteroatoms. The van der Waals surface area contributed by atoms with Gasteiger partial charge in [0.15, 0.2) is 5.11 Å². The zero-order valence-electron chi connectivity index (χ0n) is 18.8. The van der Waals surface area contributed by atoms with Gasteiger partial charge in [-0.05, 0) is 79.5 Å². The molecular weight excluding hydrogens is 454 g/mol. The van der Waals surface area contributed by atoms with E-state index in [0.717, 1.165) is 28.2 Å². The second kappa shape index (κ2) is 8.96. The standard InChI is InChI=1S/C26H24ClN3O2S/c1-15(2)18-9-11-20(12-10-18)30-25(32)21(24(31)28-26(30)33)14-19-13-16(3)29(17(19)4)23-8-6-5-7-22(23)27/h5-15H,1-4H3,(H,28,31,33)/b21-14+. The zero-order chi connectivity index (χ0) is 23.9. The summed E-state index contributed by atoms with van der Waals surface area (Å²) in [5.74, 6) is -0.599. The van der Waals surface area contributed by atoms with Gasteiger partial charge < -0.3 is 4.57 Å². The van der Waals surface area contributed by atoms with Crippen LogP contribution in [0.2, 0.25) is 5.02 Å². The van der Waals surface area contributed by atoms with Crippen LogP contribution in [0.1, 0.15) is 42.3 Å². The normalized spacial score (nSPS) is 15.5. The molecule has 0 spiro atoms. The quantitative estimate of drug-likeness (QED) is 0.298. The lowest BCUT2D eigenvalue weighted by atomic mass is 10.0. The van der Waals surface area contributed by atoms with Gasteiger partial charge in [0.05, 0.1) is 16.4 Å². The van der Waals surface area contributed by atoms with Crippen LogP contribution in [0.3, 0.4) is 0 Å². The third kappa shape index (κ3) is 4.24. The van der Waals surface area contributed by atoms with Gasteiger partial charge in [0, 0.05) is 11.4 Å². The largest absolute Gasteiger partial charge is 0.316 e. The number of para-hydroxylation sites is 1. The van der Waals surface area contributed by atoms with Gasteiger partial charge in [-0.3, -0.25) is 19.8 Å². The Kier molecular flexibility index (Phi) is 6.23. The molecule has 2 heterocycles. The number of carbonyl (C=O) groups is 2. The van der Waals surface area contributed by atoms with Gasteiger partial charge in [-0.15, -0.1) is 0 Å². The molecule has 1 aliphatic rings. The minimum atomic E-state index is -0.511.